The van der Waals surface area contributed by atoms with Gasteiger partial charge in [0, 0.05) is 6.07 Å². The minimum Gasteiger partial charge on any atom is -0.304 e. The molecular formula is C14H10N3O5S. The number of sulfone groups is 1. The molecule has 0 saturated heterocycles. The van der Waals surface area contributed by atoms with Crippen LogP contribution in [0, 0.1) is 17.0 Å². The number of carbonyl (C=O) groups excluding carboxylic acids is 1. The van der Waals surface area contributed by atoms with Crippen LogP contribution in [0.25, 0.3) is 0 Å². The maximum absolute atomic E-state index is 12.6. The average molecular weight is 332 g/mol. The van der Waals surface area contributed by atoms with Gasteiger partial charge in [-0.15, -0.1) is 0 Å². The SMILES string of the molecule is Cc1ccc(S(=O)(=O)c2cc3c(c([N+](=O)[O-])c2)[N]C(=O)N3)cc1. The zero-order valence-corrected chi connectivity index (χ0v) is 12.6. The van der Waals surface area contributed by atoms with Crippen LogP contribution < -0.4 is 10.6 Å². The van der Waals surface area contributed by atoms with Crippen LogP contribution in [0.15, 0.2) is 46.2 Å². The second-order valence-electron chi connectivity index (χ2n) is 4.95. The Bertz CT molecular complexity index is 936. The standard InChI is InChI=1S/C14H10N3O5S/c1-8-2-4-9(5-3-8)23(21,22)10-6-11-13(16-14(18)15-11)12(7-10)17(19)20/h2-7H,1H3,(H,15,18). The molecule has 1 N–H and O–H groups in total. The molecule has 117 valence electrons. The molecule has 1 aliphatic heterocycles. The Kier molecular flexibility index (Phi) is 3.29. The van der Waals surface area contributed by atoms with Crippen LogP contribution in [-0.2, 0) is 9.84 Å². The van der Waals surface area contributed by atoms with Crippen LogP contribution in [0.4, 0.5) is 21.9 Å². The molecule has 2 aromatic rings. The summed E-state index contributed by atoms with van der Waals surface area (Å²) < 4.78 is 25.3. The Hall–Kier alpha value is -2.94. The van der Waals surface area contributed by atoms with E-state index in [2.05, 4.69) is 10.6 Å². The third-order valence-corrected chi connectivity index (χ3v) is 5.11. The first-order valence-electron chi connectivity index (χ1n) is 6.46. The molecule has 0 bridgehead atoms. The molecule has 2 aromatic carbocycles. The molecule has 8 nitrogen and oxygen atoms in total. The van der Waals surface area contributed by atoms with Crippen molar-refractivity contribution in [1.82, 2.24) is 5.32 Å². The lowest BCUT2D eigenvalue weighted by atomic mass is 10.2. The summed E-state index contributed by atoms with van der Waals surface area (Å²) in [6.45, 7) is 1.81. The van der Waals surface area contributed by atoms with E-state index in [-0.39, 0.29) is 21.2 Å². The third-order valence-electron chi connectivity index (χ3n) is 3.36. The van der Waals surface area contributed by atoms with Crippen molar-refractivity contribution in [2.45, 2.75) is 16.7 Å². The highest BCUT2D eigenvalue weighted by Gasteiger charge is 2.32. The highest BCUT2D eigenvalue weighted by atomic mass is 32.2. The lowest BCUT2D eigenvalue weighted by Gasteiger charge is -2.07. The van der Waals surface area contributed by atoms with Crippen LogP contribution >= 0.6 is 0 Å². The number of hydrogen-bond donors (Lipinski definition) is 1. The van der Waals surface area contributed by atoms with Crippen molar-refractivity contribution >= 4 is 32.9 Å². The summed E-state index contributed by atoms with van der Waals surface area (Å²) in [5, 5.41) is 16.9. The molecular weight excluding hydrogens is 322 g/mol. The zero-order chi connectivity index (χ0) is 16.8. The van der Waals surface area contributed by atoms with Gasteiger partial charge in [0.2, 0.25) is 9.84 Å². The van der Waals surface area contributed by atoms with Crippen LogP contribution in [0.1, 0.15) is 5.56 Å². The summed E-state index contributed by atoms with van der Waals surface area (Å²) in [6, 6.07) is 7.42. The maximum Gasteiger partial charge on any atom is 0.346 e. The number of nitro benzene ring substituents is 1. The summed E-state index contributed by atoms with van der Waals surface area (Å²) in [4.78, 5) is 21.4. The van der Waals surface area contributed by atoms with E-state index in [0.29, 0.717) is 0 Å². The quantitative estimate of drug-likeness (QED) is 0.684. The number of amides is 2. The number of nitro groups is 1. The Morgan fingerprint density at radius 3 is 2.39 bits per heavy atom. The number of fused-ring (bicyclic) bond motifs is 1. The van der Waals surface area contributed by atoms with Gasteiger partial charge in [-0.3, -0.25) is 10.1 Å². The van der Waals surface area contributed by atoms with E-state index in [9.17, 15) is 23.3 Å². The minimum atomic E-state index is -3.95. The molecule has 0 saturated carbocycles. The fourth-order valence-corrected chi connectivity index (χ4v) is 3.51. The van der Waals surface area contributed by atoms with Gasteiger partial charge < -0.3 is 5.32 Å². The van der Waals surface area contributed by atoms with Crippen LogP contribution in [0.2, 0.25) is 0 Å². The number of urea groups is 1. The molecule has 1 aliphatic rings. The number of anilines is 1. The molecule has 1 heterocycles. The smallest absolute Gasteiger partial charge is 0.304 e. The van der Waals surface area contributed by atoms with Gasteiger partial charge in [0.05, 0.1) is 20.4 Å². The number of hydrogen-bond acceptors (Lipinski definition) is 5. The molecule has 0 atom stereocenters. The molecule has 0 spiro atoms. The first kappa shape index (κ1) is 15.0. The van der Waals surface area contributed by atoms with E-state index < -0.39 is 26.5 Å². The van der Waals surface area contributed by atoms with Gasteiger partial charge in [-0.1, -0.05) is 17.7 Å². The Morgan fingerprint density at radius 2 is 1.78 bits per heavy atom. The third kappa shape index (κ3) is 2.50. The van der Waals surface area contributed by atoms with Crippen molar-refractivity contribution in [1.29, 1.82) is 0 Å². The molecule has 0 unspecified atom stereocenters. The fourth-order valence-electron chi connectivity index (χ4n) is 2.20. The van der Waals surface area contributed by atoms with E-state index in [1.807, 2.05) is 6.92 Å². The van der Waals surface area contributed by atoms with Crippen molar-refractivity contribution in [3.63, 3.8) is 0 Å². The zero-order valence-electron chi connectivity index (χ0n) is 11.8. The van der Waals surface area contributed by atoms with E-state index in [1.165, 1.54) is 18.2 Å². The predicted molar refractivity (Wildman–Crippen MR) is 80.5 cm³/mol. The van der Waals surface area contributed by atoms with Crippen molar-refractivity contribution in [3.8, 4) is 0 Å². The molecule has 0 aromatic heterocycles. The van der Waals surface area contributed by atoms with Crippen molar-refractivity contribution in [3.05, 3.63) is 52.1 Å². The van der Waals surface area contributed by atoms with Crippen molar-refractivity contribution < 1.29 is 18.1 Å². The van der Waals surface area contributed by atoms with Gasteiger partial charge >= 0.3 is 6.03 Å². The fraction of sp³-hybridized carbons (Fsp3) is 0.0714. The molecule has 2 amide bonds. The summed E-state index contributed by atoms with van der Waals surface area (Å²) in [5.74, 6) is 0. The normalized spacial score (nSPS) is 13.2. The summed E-state index contributed by atoms with van der Waals surface area (Å²) >= 11 is 0. The van der Waals surface area contributed by atoms with Gasteiger partial charge in [-0.05, 0) is 25.1 Å². The molecule has 9 heteroatoms. The summed E-state index contributed by atoms with van der Waals surface area (Å²) in [5.41, 5.74) is 0.194. The van der Waals surface area contributed by atoms with Gasteiger partial charge in [0.15, 0.2) is 5.69 Å². The van der Waals surface area contributed by atoms with Gasteiger partial charge in [-0.2, -0.15) is 5.32 Å². The number of rotatable bonds is 3. The molecule has 1 radical (unpaired) electrons. The molecule has 0 aliphatic carbocycles. The Balaban J connectivity index is 2.19. The van der Waals surface area contributed by atoms with Gasteiger partial charge in [0.1, 0.15) is 0 Å². The van der Waals surface area contributed by atoms with E-state index in [0.717, 1.165) is 11.6 Å². The van der Waals surface area contributed by atoms with Crippen molar-refractivity contribution in [2.24, 2.45) is 0 Å². The minimum absolute atomic E-state index is 0.00915. The summed E-state index contributed by atoms with van der Waals surface area (Å²) in [6.07, 6.45) is 0. The van der Waals surface area contributed by atoms with Gasteiger partial charge in [0.25, 0.3) is 5.69 Å². The van der Waals surface area contributed by atoms with E-state index in [4.69, 9.17) is 0 Å². The molecule has 23 heavy (non-hydrogen) atoms. The highest BCUT2D eigenvalue weighted by Crippen LogP contribution is 2.40. The lowest BCUT2D eigenvalue weighted by Crippen LogP contribution is -2.08. The average Bonchev–Trinajstić information content (AvgIpc) is 2.86. The second kappa shape index (κ2) is 5.06. The van der Waals surface area contributed by atoms with Crippen molar-refractivity contribution in [2.75, 3.05) is 5.32 Å². The number of benzene rings is 2. The first-order valence-corrected chi connectivity index (χ1v) is 7.94. The van der Waals surface area contributed by atoms with Crippen LogP contribution in [-0.4, -0.2) is 19.4 Å². The highest BCUT2D eigenvalue weighted by molar-refractivity contribution is 7.91. The number of aryl methyl sites for hydroxylation is 1. The summed E-state index contributed by atoms with van der Waals surface area (Å²) in [7, 11) is -3.95. The second-order valence-corrected chi connectivity index (χ2v) is 6.90. The Morgan fingerprint density at radius 1 is 1.13 bits per heavy atom. The topological polar surface area (TPSA) is 120 Å². The Labute approximate surface area is 131 Å². The maximum atomic E-state index is 12.6. The molecule has 0 fully saturated rings. The molecule has 3 rings (SSSR count). The van der Waals surface area contributed by atoms with E-state index >= 15 is 0 Å². The van der Waals surface area contributed by atoms with Crippen LogP contribution in [0.5, 0.6) is 0 Å². The number of carbonyl (C=O) groups is 1. The lowest BCUT2D eigenvalue weighted by molar-refractivity contribution is -0.384. The number of nitrogens with one attached hydrogen (secondary N) is 1. The predicted octanol–water partition coefficient (Wildman–Crippen LogP) is 2.52. The van der Waals surface area contributed by atoms with Crippen LogP contribution in [0.3, 0.4) is 0 Å². The van der Waals surface area contributed by atoms with E-state index in [1.54, 1.807) is 12.1 Å². The monoisotopic (exact) mass is 332 g/mol. The number of nitrogens with zero attached hydrogens (tertiary/aromatic N) is 2. The largest absolute Gasteiger partial charge is 0.346 e. The first-order chi connectivity index (χ1) is 10.8. The van der Waals surface area contributed by atoms with Gasteiger partial charge in [-0.25, -0.2) is 13.2 Å².